The van der Waals surface area contributed by atoms with Crippen LogP contribution in [0, 0.1) is 21.7 Å². The van der Waals surface area contributed by atoms with Crippen molar-refractivity contribution >= 4 is 40.3 Å². The van der Waals surface area contributed by atoms with Gasteiger partial charge in [-0.1, -0.05) is 11.6 Å². The van der Waals surface area contributed by atoms with Crippen molar-refractivity contribution < 1.29 is 18.4 Å². The third-order valence-corrected chi connectivity index (χ3v) is 3.84. The Bertz CT molecular complexity index is 1050. The summed E-state index contributed by atoms with van der Waals surface area (Å²) in [5.41, 5.74) is -0.0863. The smallest absolute Gasteiger partial charge is 0.353 e. The SMILES string of the molecule is COc1ccc(Cl)cc1Nc1ncnc(Nc2ccc(F)c(F)c2)c1[N+](=O)[O-]. The molecule has 0 radical (unpaired) electrons. The van der Waals surface area contributed by atoms with E-state index in [1.807, 2.05) is 0 Å². The van der Waals surface area contributed by atoms with E-state index in [4.69, 9.17) is 16.3 Å². The number of rotatable bonds is 6. The number of nitrogens with zero attached hydrogens (tertiary/aromatic N) is 3. The number of nitrogens with one attached hydrogen (secondary N) is 2. The van der Waals surface area contributed by atoms with Gasteiger partial charge in [0.05, 0.1) is 17.7 Å². The summed E-state index contributed by atoms with van der Waals surface area (Å²) in [5, 5.41) is 17.4. The molecule has 3 rings (SSSR count). The van der Waals surface area contributed by atoms with Gasteiger partial charge in [0.2, 0.25) is 11.6 Å². The highest BCUT2D eigenvalue weighted by Crippen LogP contribution is 2.36. The van der Waals surface area contributed by atoms with E-state index in [9.17, 15) is 18.9 Å². The summed E-state index contributed by atoms with van der Waals surface area (Å²) in [7, 11) is 1.43. The lowest BCUT2D eigenvalue weighted by Crippen LogP contribution is -2.06. The summed E-state index contributed by atoms with van der Waals surface area (Å²) < 4.78 is 31.7. The summed E-state index contributed by atoms with van der Waals surface area (Å²) in [5.74, 6) is -2.13. The molecule has 8 nitrogen and oxygen atoms in total. The molecule has 0 unspecified atom stereocenters. The van der Waals surface area contributed by atoms with Crippen LogP contribution in [0.4, 0.5) is 37.5 Å². The van der Waals surface area contributed by atoms with Gasteiger partial charge in [0, 0.05) is 16.8 Å². The van der Waals surface area contributed by atoms with Crippen molar-refractivity contribution in [3.05, 3.63) is 69.5 Å². The van der Waals surface area contributed by atoms with Gasteiger partial charge < -0.3 is 15.4 Å². The van der Waals surface area contributed by atoms with Crippen LogP contribution in [0.25, 0.3) is 0 Å². The van der Waals surface area contributed by atoms with Gasteiger partial charge in [0.25, 0.3) is 0 Å². The number of nitro groups is 1. The molecule has 1 aromatic heterocycles. The zero-order valence-corrected chi connectivity index (χ0v) is 15.0. The van der Waals surface area contributed by atoms with E-state index in [-0.39, 0.29) is 17.3 Å². The maximum absolute atomic E-state index is 13.4. The third-order valence-electron chi connectivity index (χ3n) is 3.60. The van der Waals surface area contributed by atoms with E-state index >= 15 is 0 Å². The molecule has 28 heavy (non-hydrogen) atoms. The number of methoxy groups -OCH3 is 1. The molecule has 0 saturated carbocycles. The summed E-state index contributed by atoms with van der Waals surface area (Å²) >= 11 is 5.97. The van der Waals surface area contributed by atoms with Crippen LogP contribution in [-0.4, -0.2) is 22.0 Å². The number of hydrogen-bond donors (Lipinski definition) is 2. The molecule has 0 aliphatic rings. The minimum atomic E-state index is -1.11. The van der Waals surface area contributed by atoms with Crippen molar-refractivity contribution in [2.75, 3.05) is 17.7 Å². The molecule has 144 valence electrons. The number of hydrogen-bond acceptors (Lipinski definition) is 7. The number of benzene rings is 2. The quantitative estimate of drug-likeness (QED) is 0.446. The number of anilines is 4. The molecule has 0 bridgehead atoms. The maximum Gasteiger partial charge on any atom is 0.353 e. The number of aromatic nitrogens is 2. The summed E-state index contributed by atoms with van der Waals surface area (Å²) in [6.07, 6.45) is 1.08. The van der Waals surface area contributed by atoms with E-state index < -0.39 is 22.2 Å². The van der Waals surface area contributed by atoms with Crippen LogP contribution in [0.3, 0.4) is 0 Å². The molecule has 0 aliphatic heterocycles. The van der Waals surface area contributed by atoms with Gasteiger partial charge in [-0.15, -0.1) is 0 Å². The second-order valence-electron chi connectivity index (χ2n) is 5.40. The Morgan fingerprint density at radius 3 is 2.43 bits per heavy atom. The first-order valence-corrected chi connectivity index (χ1v) is 8.09. The Balaban J connectivity index is 2.01. The molecule has 0 fully saturated rings. The average molecular weight is 408 g/mol. The van der Waals surface area contributed by atoms with Crippen LogP contribution < -0.4 is 15.4 Å². The number of halogens is 3. The molecular formula is C17H12ClF2N5O3. The lowest BCUT2D eigenvalue weighted by Gasteiger charge is -2.13. The first-order valence-electron chi connectivity index (χ1n) is 7.71. The minimum Gasteiger partial charge on any atom is -0.495 e. The first-order chi connectivity index (χ1) is 13.4. The lowest BCUT2D eigenvalue weighted by atomic mass is 10.2. The van der Waals surface area contributed by atoms with Gasteiger partial charge in [-0.2, -0.15) is 0 Å². The van der Waals surface area contributed by atoms with Crippen LogP contribution in [0.1, 0.15) is 0 Å². The third kappa shape index (κ3) is 4.07. The first kappa shape index (κ1) is 19.2. The summed E-state index contributed by atoms with van der Waals surface area (Å²) in [6, 6.07) is 7.65. The number of ether oxygens (including phenoxy) is 1. The van der Waals surface area contributed by atoms with E-state index in [1.54, 1.807) is 12.1 Å². The molecule has 0 aliphatic carbocycles. The normalized spacial score (nSPS) is 10.4. The Labute approximate surface area is 162 Å². The van der Waals surface area contributed by atoms with E-state index in [0.29, 0.717) is 16.5 Å². The molecule has 2 aromatic carbocycles. The molecule has 0 atom stereocenters. The predicted molar refractivity (Wildman–Crippen MR) is 99.6 cm³/mol. The van der Waals surface area contributed by atoms with E-state index in [0.717, 1.165) is 18.5 Å². The molecule has 0 amide bonds. The van der Waals surface area contributed by atoms with Crippen LogP contribution in [0.5, 0.6) is 5.75 Å². The van der Waals surface area contributed by atoms with Gasteiger partial charge in [0.1, 0.15) is 12.1 Å². The van der Waals surface area contributed by atoms with Crippen LogP contribution in [-0.2, 0) is 0 Å². The summed E-state index contributed by atoms with van der Waals surface area (Å²) in [4.78, 5) is 18.6. The largest absolute Gasteiger partial charge is 0.495 e. The average Bonchev–Trinajstić information content (AvgIpc) is 2.65. The second kappa shape index (κ2) is 8.01. The van der Waals surface area contributed by atoms with Gasteiger partial charge >= 0.3 is 5.69 Å². The molecule has 0 saturated heterocycles. The van der Waals surface area contributed by atoms with Crippen LogP contribution in [0.2, 0.25) is 5.02 Å². The van der Waals surface area contributed by atoms with Crippen molar-refractivity contribution in [1.29, 1.82) is 0 Å². The Kier molecular flexibility index (Phi) is 5.50. The highest BCUT2D eigenvalue weighted by Gasteiger charge is 2.24. The van der Waals surface area contributed by atoms with Crippen molar-refractivity contribution in [3.8, 4) is 5.75 Å². The monoisotopic (exact) mass is 407 g/mol. The fourth-order valence-corrected chi connectivity index (χ4v) is 2.52. The fraction of sp³-hybridized carbons (Fsp3) is 0.0588. The Hall–Kier alpha value is -3.53. The zero-order valence-electron chi connectivity index (χ0n) is 14.2. The minimum absolute atomic E-state index is 0.0759. The lowest BCUT2D eigenvalue weighted by molar-refractivity contribution is -0.383. The summed E-state index contributed by atoms with van der Waals surface area (Å²) in [6.45, 7) is 0. The van der Waals surface area contributed by atoms with Crippen molar-refractivity contribution in [2.24, 2.45) is 0 Å². The zero-order chi connectivity index (χ0) is 20.3. The van der Waals surface area contributed by atoms with Crippen molar-refractivity contribution in [3.63, 3.8) is 0 Å². The fourth-order valence-electron chi connectivity index (χ4n) is 2.35. The Morgan fingerprint density at radius 2 is 1.79 bits per heavy atom. The second-order valence-corrected chi connectivity index (χ2v) is 5.84. The van der Waals surface area contributed by atoms with Crippen LogP contribution >= 0.6 is 11.6 Å². The van der Waals surface area contributed by atoms with E-state index in [2.05, 4.69) is 20.6 Å². The van der Waals surface area contributed by atoms with Crippen LogP contribution in [0.15, 0.2) is 42.7 Å². The molecule has 0 spiro atoms. The molecule has 3 aromatic rings. The van der Waals surface area contributed by atoms with E-state index in [1.165, 1.54) is 19.2 Å². The Morgan fingerprint density at radius 1 is 1.07 bits per heavy atom. The molecule has 2 N–H and O–H groups in total. The predicted octanol–water partition coefficient (Wildman–Crippen LogP) is 4.81. The molecule has 11 heteroatoms. The van der Waals surface area contributed by atoms with Gasteiger partial charge in [-0.3, -0.25) is 10.1 Å². The standard InChI is InChI=1S/C17H12ClF2N5O3/c1-28-14-5-2-9(18)6-13(14)24-17-15(25(26)27)16(21-8-22-17)23-10-3-4-11(19)12(20)7-10/h2-8H,1H3,(H2,21,22,23,24). The molecule has 1 heterocycles. The van der Waals surface area contributed by atoms with Gasteiger partial charge in [-0.05, 0) is 30.3 Å². The van der Waals surface area contributed by atoms with Crippen molar-refractivity contribution in [2.45, 2.75) is 0 Å². The van der Waals surface area contributed by atoms with Crippen molar-refractivity contribution in [1.82, 2.24) is 9.97 Å². The highest BCUT2D eigenvalue weighted by atomic mass is 35.5. The van der Waals surface area contributed by atoms with Gasteiger partial charge in [-0.25, -0.2) is 18.7 Å². The highest BCUT2D eigenvalue weighted by molar-refractivity contribution is 6.31. The molecular weight excluding hydrogens is 396 g/mol. The maximum atomic E-state index is 13.4. The topological polar surface area (TPSA) is 102 Å². The van der Waals surface area contributed by atoms with Gasteiger partial charge in [0.15, 0.2) is 11.6 Å².